The molecule has 0 aromatic rings. The summed E-state index contributed by atoms with van der Waals surface area (Å²) in [6.07, 6.45) is -0.0945. The zero-order valence-electron chi connectivity index (χ0n) is 7.78. The lowest BCUT2D eigenvalue weighted by Crippen LogP contribution is -2.27. The number of hydrogen-bond acceptors (Lipinski definition) is 4. The SMILES string of the molecule is CCCOC(CSC(C)=O)C(=O)O. The molecule has 0 radical (unpaired) electrons. The minimum absolute atomic E-state index is 0.0913. The minimum Gasteiger partial charge on any atom is -0.479 e. The molecule has 0 aromatic carbocycles. The highest BCUT2D eigenvalue weighted by Crippen LogP contribution is 2.07. The molecule has 13 heavy (non-hydrogen) atoms. The van der Waals surface area contributed by atoms with E-state index in [0.717, 1.165) is 18.2 Å². The highest BCUT2D eigenvalue weighted by atomic mass is 32.2. The van der Waals surface area contributed by atoms with Crippen molar-refractivity contribution in [3.05, 3.63) is 0 Å². The minimum atomic E-state index is -1.01. The zero-order valence-corrected chi connectivity index (χ0v) is 8.60. The van der Waals surface area contributed by atoms with Gasteiger partial charge in [-0.05, 0) is 6.42 Å². The standard InChI is InChI=1S/C8H14O4S/c1-3-4-12-7(8(10)11)5-13-6(2)9/h7H,3-5H2,1-2H3,(H,10,11). The lowest BCUT2D eigenvalue weighted by molar-refractivity contribution is -0.148. The molecule has 1 unspecified atom stereocenters. The van der Waals surface area contributed by atoms with Crippen molar-refractivity contribution in [1.82, 2.24) is 0 Å². The van der Waals surface area contributed by atoms with Gasteiger partial charge in [0, 0.05) is 19.3 Å². The van der Waals surface area contributed by atoms with Crippen molar-refractivity contribution < 1.29 is 19.4 Å². The van der Waals surface area contributed by atoms with E-state index in [4.69, 9.17) is 9.84 Å². The van der Waals surface area contributed by atoms with Crippen LogP contribution in [-0.4, -0.2) is 34.7 Å². The lowest BCUT2D eigenvalue weighted by Gasteiger charge is -2.11. The summed E-state index contributed by atoms with van der Waals surface area (Å²) < 4.78 is 5.03. The number of carboxylic acid groups (broad SMARTS) is 1. The Hall–Kier alpha value is -0.550. The summed E-state index contributed by atoms with van der Waals surface area (Å²) in [6.45, 7) is 3.72. The topological polar surface area (TPSA) is 63.6 Å². The molecular weight excluding hydrogens is 192 g/mol. The highest BCUT2D eigenvalue weighted by Gasteiger charge is 2.18. The van der Waals surface area contributed by atoms with E-state index in [2.05, 4.69) is 0 Å². The smallest absolute Gasteiger partial charge is 0.333 e. The first-order valence-electron chi connectivity index (χ1n) is 4.05. The molecule has 0 aliphatic heterocycles. The van der Waals surface area contributed by atoms with Crippen LogP contribution in [0.25, 0.3) is 0 Å². The van der Waals surface area contributed by atoms with Crippen molar-refractivity contribution in [2.24, 2.45) is 0 Å². The van der Waals surface area contributed by atoms with Crippen molar-refractivity contribution in [2.45, 2.75) is 26.4 Å². The van der Waals surface area contributed by atoms with Gasteiger partial charge in [-0.25, -0.2) is 4.79 Å². The van der Waals surface area contributed by atoms with E-state index in [1.807, 2.05) is 6.92 Å². The van der Waals surface area contributed by atoms with Crippen LogP contribution in [-0.2, 0) is 14.3 Å². The molecular formula is C8H14O4S. The van der Waals surface area contributed by atoms with Crippen LogP contribution >= 0.6 is 11.8 Å². The first-order valence-corrected chi connectivity index (χ1v) is 5.04. The van der Waals surface area contributed by atoms with Crippen LogP contribution in [0.4, 0.5) is 0 Å². The first kappa shape index (κ1) is 12.4. The second-order valence-electron chi connectivity index (χ2n) is 2.50. The number of aliphatic carboxylic acids is 1. The molecule has 0 aliphatic rings. The van der Waals surface area contributed by atoms with Gasteiger partial charge in [0.15, 0.2) is 11.2 Å². The fourth-order valence-electron chi connectivity index (χ4n) is 0.644. The Balaban J connectivity index is 3.80. The Morgan fingerprint density at radius 1 is 1.54 bits per heavy atom. The Morgan fingerprint density at radius 3 is 2.54 bits per heavy atom. The third-order valence-electron chi connectivity index (χ3n) is 1.24. The third kappa shape index (κ3) is 6.60. The van der Waals surface area contributed by atoms with Crippen LogP contribution in [0.15, 0.2) is 0 Å². The Labute approximate surface area is 81.6 Å². The Kier molecular flexibility index (Phi) is 6.62. The highest BCUT2D eigenvalue weighted by molar-refractivity contribution is 8.13. The number of thioether (sulfide) groups is 1. The Morgan fingerprint density at radius 2 is 2.15 bits per heavy atom. The molecule has 0 rings (SSSR count). The Bertz CT molecular complexity index is 181. The summed E-state index contributed by atoms with van der Waals surface area (Å²) >= 11 is 0.973. The molecule has 4 nitrogen and oxygen atoms in total. The van der Waals surface area contributed by atoms with E-state index in [1.54, 1.807) is 0 Å². The molecule has 0 saturated carbocycles. The molecule has 5 heteroatoms. The van der Waals surface area contributed by atoms with Gasteiger partial charge in [-0.15, -0.1) is 0 Å². The lowest BCUT2D eigenvalue weighted by atomic mass is 10.4. The van der Waals surface area contributed by atoms with E-state index in [9.17, 15) is 9.59 Å². The van der Waals surface area contributed by atoms with Gasteiger partial charge in [0.2, 0.25) is 0 Å². The monoisotopic (exact) mass is 206 g/mol. The van der Waals surface area contributed by atoms with Gasteiger partial charge in [0.25, 0.3) is 0 Å². The van der Waals surface area contributed by atoms with Gasteiger partial charge >= 0.3 is 5.97 Å². The number of carbonyl (C=O) groups is 2. The number of carboxylic acids is 1. The maximum Gasteiger partial charge on any atom is 0.333 e. The van der Waals surface area contributed by atoms with Crippen LogP contribution in [0, 0.1) is 0 Å². The van der Waals surface area contributed by atoms with Crippen molar-refractivity contribution in [1.29, 1.82) is 0 Å². The number of hydrogen-bond donors (Lipinski definition) is 1. The molecule has 0 aliphatic carbocycles. The normalized spacial score (nSPS) is 12.5. The predicted molar refractivity (Wildman–Crippen MR) is 50.8 cm³/mol. The number of ether oxygens (including phenoxy) is 1. The van der Waals surface area contributed by atoms with Gasteiger partial charge in [0.1, 0.15) is 0 Å². The second-order valence-corrected chi connectivity index (χ2v) is 3.70. The largest absolute Gasteiger partial charge is 0.479 e. The number of rotatable bonds is 6. The van der Waals surface area contributed by atoms with Gasteiger partial charge in [-0.3, -0.25) is 4.79 Å². The van der Waals surface area contributed by atoms with E-state index in [-0.39, 0.29) is 10.9 Å². The summed E-state index contributed by atoms with van der Waals surface area (Å²) in [5, 5.41) is 8.57. The molecule has 0 fully saturated rings. The average Bonchev–Trinajstić information content (AvgIpc) is 2.03. The summed E-state index contributed by atoms with van der Waals surface area (Å²) in [5.41, 5.74) is 0. The molecule has 1 atom stereocenters. The van der Waals surface area contributed by atoms with Crippen LogP contribution < -0.4 is 0 Å². The van der Waals surface area contributed by atoms with E-state index < -0.39 is 12.1 Å². The average molecular weight is 206 g/mol. The molecule has 0 amide bonds. The summed E-state index contributed by atoms with van der Waals surface area (Å²) in [7, 11) is 0. The van der Waals surface area contributed by atoms with E-state index in [1.165, 1.54) is 6.92 Å². The molecule has 0 aromatic heterocycles. The van der Waals surface area contributed by atoms with Crippen LogP contribution in [0.2, 0.25) is 0 Å². The van der Waals surface area contributed by atoms with Crippen molar-refractivity contribution >= 4 is 22.8 Å². The summed E-state index contributed by atoms with van der Waals surface area (Å²) in [4.78, 5) is 21.1. The molecule has 76 valence electrons. The fourth-order valence-corrected chi connectivity index (χ4v) is 1.27. The summed E-state index contributed by atoms with van der Waals surface area (Å²) in [6, 6.07) is 0. The molecule has 0 bridgehead atoms. The van der Waals surface area contributed by atoms with E-state index >= 15 is 0 Å². The fraction of sp³-hybridized carbons (Fsp3) is 0.750. The van der Waals surface area contributed by atoms with Crippen LogP contribution in [0.5, 0.6) is 0 Å². The zero-order chi connectivity index (χ0) is 10.3. The van der Waals surface area contributed by atoms with Crippen LogP contribution in [0.3, 0.4) is 0 Å². The van der Waals surface area contributed by atoms with Gasteiger partial charge < -0.3 is 9.84 Å². The summed E-state index contributed by atoms with van der Waals surface area (Å²) in [5.74, 6) is -0.827. The molecule has 0 heterocycles. The predicted octanol–water partition coefficient (Wildman–Crippen LogP) is 1.15. The third-order valence-corrected chi connectivity index (χ3v) is 2.11. The van der Waals surface area contributed by atoms with Gasteiger partial charge in [0.05, 0.1) is 0 Å². The van der Waals surface area contributed by atoms with Crippen molar-refractivity contribution in [3.8, 4) is 0 Å². The molecule has 0 saturated heterocycles. The maximum absolute atomic E-state index is 10.6. The van der Waals surface area contributed by atoms with Crippen molar-refractivity contribution in [3.63, 3.8) is 0 Å². The van der Waals surface area contributed by atoms with Gasteiger partial charge in [-0.1, -0.05) is 18.7 Å². The quantitative estimate of drug-likeness (QED) is 0.706. The van der Waals surface area contributed by atoms with E-state index in [0.29, 0.717) is 6.61 Å². The number of carbonyl (C=O) groups excluding carboxylic acids is 1. The maximum atomic E-state index is 10.6. The first-order chi connectivity index (χ1) is 6.07. The van der Waals surface area contributed by atoms with Crippen molar-refractivity contribution in [2.75, 3.05) is 12.4 Å². The van der Waals surface area contributed by atoms with Crippen LogP contribution in [0.1, 0.15) is 20.3 Å². The molecule has 0 spiro atoms. The molecule has 1 N–H and O–H groups in total. The second kappa shape index (κ2) is 6.91. The van der Waals surface area contributed by atoms with Gasteiger partial charge in [-0.2, -0.15) is 0 Å².